The van der Waals surface area contributed by atoms with Gasteiger partial charge in [-0.05, 0) is 49.6 Å². The lowest BCUT2D eigenvalue weighted by molar-refractivity contribution is -0.118. The van der Waals surface area contributed by atoms with Gasteiger partial charge in [-0.1, -0.05) is 22.6 Å². The number of hydrogen-bond donors (Lipinski definition) is 1. The minimum Gasteiger partial charge on any atom is -0.461 e. The molecule has 0 saturated heterocycles. The molecule has 7 heteroatoms. The van der Waals surface area contributed by atoms with Crippen molar-refractivity contribution in [3.05, 3.63) is 53.9 Å². The quantitative estimate of drug-likeness (QED) is 0.575. The highest BCUT2D eigenvalue weighted by Crippen LogP contribution is 2.49. The first-order valence-electron chi connectivity index (χ1n) is 8.34. The lowest BCUT2D eigenvalue weighted by atomic mass is 10.0. The third-order valence-corrected chi connectivity index (χ3v) is 5.65. The van der Waals surface area contributed by atoms with Crippen LogP contribution >= 0.6 is 11.3 Å². The number of amides is 1. The van der Waals surface area contributed by atoms with Gasteiger partial charge in [0.2, 0.25) is 11.7 Å². The number of aryl methyl sites for hydroxylation is 1. The van der Waals surface area contributed by atoms with Crippen molar-refractivity contribution in [2.45, 2.75) is 25.2 Å². The fourth-order valence-corrected chi connectivity index (χ4v) is 4.02. The topological polar surface area (TPSA) is 81.2 Å². The molecule has 3 heterocycles. The average molecular weight is 365 g/mol. The van der Waals surface area contributed by atoms with Gasteiger partial charge >= 0.3 is 0 Å². The molecule has 0 atom stereocenters. The first-order valence-corrected chi connectivity index (χ1v) is 9.15. The fourth-order valence-electron chi connectivity index (χ4n) is 3.06. The number of aromatic nitrogens is 2. The molecule has 1 amide bonds. The third-order valence-electron chi connectivity index (χ3n) is 4.71. The molecule has 1 aliphatic carbocycles. The number of rotatable bonds is 4. The number of thiazole rings is 1. The Labute approximate surface area is 152 Å². The molecule has 1 N–H and O–H groups in total. The summed E-state index contributed by atoms with van der Waals surface area (Å²) in [4.78, 5) is 17.4. The van der Waals surface area contributed by atoms with Crippen molar-refractivity contribution >= 4 is 32.6 Å². The van der Waals surface area contributed by atoms with Crippen LogP contribution in [0, 0.1) is 6.92 Å². The van der Waals surface area contributed by atoms with Crippen molar-refractivity contribution < 1.29 is 13.7 Å². The minimum atomic E-state index is -0.637. The standard InChI is InChI=1S/C19H15N3O3S/c1-11-4-5-12-15(9-11)26-18(20-12)21-17(23)19(6-7-19)16-10-14(25-22-16)13-3-2-8-24-13/h2-5,8-10H,6-7H2,1H3,(H,20,21,23). The molecule has 0 spiro atoms. The smallest absolute Gasteiger partial charge is 0.238 e. The molecule has 1 aromatic carbocycles. The predicted molar refractivity (Wildman–Crippen MR) is 98.1 cm³/mol. The number of furan rings is 1. The van der Waals surface area contributed by atoms with Gasteiger partial charge in [-0.25, -0.2) is 4.98 Å². The number of nitrogens with one attached hydrogen (secondary N) is 1. The average Bonchev–Trinajstić information content (AvgIpc) is 3.02. The van der Waals surface area contributed by atoms with E-state index in [0.29, 0.717) is 22.3 Å². The van der Waals surface area contributed by atoms with Crippen LogP contribution in [0.4, 0.5) is 5.13 Å². The monoisotopic (exact) mass is 365 g/mol. The summed E-state index contributed by atoms with van der Waals surface area (Å²) in [6.07, 6.45) is 3.06. The number of benzene rings is 1. The Morgan fingerprint density at radius 1 is 1.23 bits per heavy atom. The maximum Gasteiger partial charge on any atom is 0.238 e. The lowest BCUT2D eigenvalue weighted by Gasteiger charge is -2.10. The van der Waals surface area contributed by atoms with Crippen LogP contribution < -0.4 is 5.32 Å². The van der Waals surface area contributed by atoms with Crippen molar-refractivity contribution in [3.8, 4) is 11.5 Å². The molecule has 5 rings (SSSR count). The summed E-state index contributed by atoms with van der Waals surface area (Å²) >= 11 is 1.48. The van der Waals surface area contributed by atoms with E-state index in [9.17, 15) is 4.79 Å². The summed E-state index contributed by atoms with van der Waals surface area (Å²) < 4.78 is 11.7. The van der Waals surface area contributed by atoms with Crippen LogP contribution in [0.3, 0.4) is 0 Å². The number of anilines is 1. The van der Waals surface area contributed by atoms with Gasteiger partial charge in [-0.2, -0.15) is 0 Å². The first-order chi connectivity index (χ1) is 12.6. The van der Waals surface area contributed by atoms with Gasteiger partial charge in [-0.15, -0.1) is 0 Å². The van der Waals surface area contributed by atoms with Gasteiger partial charge < -0.3 is 14.3 Å². The Morgan fingerprint density at radius 3 is 2.88 bits per heavy atom. The molecule has 0 bridgehead atoms. The highest BCUT2D eigenvalue weighted by molar-refractivity contribution is 7.22. The van der Waals surface area contributed by atoms with Gasteiger partial charge in [0.15, 0.2) is 10.9 Å². The number of carbonyl (C=O) groups is 1. The molecule has 3 aromatic heterocycles. The second kappa shape index (κ2) is 5.54. The molecular weight excluding hydrogens is 350 g/mol. The molecule has 1 saturated carbocycles. The normalized spacial score (nSPS) is 15.3. The summed E-state index contributed by atoms with van der Waals surface area (Å²) in [5, 5.41) is 7.68. The molecule has 130 valence electrons. The molecule has 0 unspecified atom stereocenters. The molecule has 0 radical (unpaired) electrons. The van der Waals surface area contributed by atoms with Crippen LogP contribution in [0.2, 0.25) is 0 Å². The minimum absolute atomic E-state index is 0.0902. The van der Waals surface area contributed by atoms with E-state index >= 15 is 0 Å². The van der Waals surface area contributed by atoms with Crippen molar-refractivity contribution in [1.29, 1.82) is 0 Å². The van der Waals surface area contributed by atoms with E-state index in [1.165, 1.54) is 16.9 Å². The fraction of sp³-hybridized carbons (Fsp3) is 0.211. The molecule has 0 aliphatic heterocycles. The molecule has 6 nitrogen and oxygen atoms in total. The second-order valence-electron chi connectivity index (χ2n) is 6.58. The van der Waals surface area contributed by atoms with Crippen molar-refractivity contribution in [2.24, 2.45) is 0 Å². The maximum atomic E-state index is 12.9. The van der Waals surface area contributed by atoms with Gasteiger partial charge in [0.05, 0.1) is 27.6 Å². The van der Waals surface area contributed by atoms with Crippen LogP contribution in [-0.2, 0) is 10.2 Å². The van der Waals surface area contributed by atoms with Crippen molar-refractivity contribution in [1.82, 2.24) is 10.1 Å². The van der Waals surface area contributed by atoms with Crippen LogP contribution in [0.25, 0.3) is 21.7 Å². The van der Waals surface area contributed by atoms with E-state index in [4.69, 9.17) is 8.94 Å². The van der Waals surface area contributed by atoms with E-state index in [0.717, 1.165) is 23.1 Å². The molecule has 1 fully saturated rings. The van der Waals surface area contributed by atoms with Crippen LogP contribution in [0.5, 0.6) is 0 Å². The second-order valence-corrected chi connectivity index (χ2v) is 7.61. The van der Waals surface area contributed by atoms with Gasteiger partial charge in [0, 0.05) is 6.07 Å². The number of fused-ring (bicyclic) bond motifs is 1. The number of nitrogens with zero attached hydrogens (tertiary/aromatic N) is 2. The van der Waals surface area contributed by atoms with Crippen LogP contribution in [0.15, 0.2) is 51.6 Å². The summed E-state index contributed by atoms with van der Waals surface area (Å²) in [6.45, 7) is 2.04. The van der Waals surface area contributed by atoms with Crippen LogP contribution in [0.1, 0.15) is 24.1 Å². The zero-order valence-corrected chi connectivity index (χ0v) is 14.8. The first kappa shape index (κ1) is 15.3. The van der Waals surface area contributed by atoms with E-state index < -0.39 is 5.41 Å². The highest BCUT2D eigenvalue weighted by atomic mass is 32.1. The Hall–Kier alpha value is -2.93. The van der Waals surface area contributed by atoms with Crippen LogP contribution in [-0.4, -0.2) is 16.0 Å². The Kier molecular flexibility index (Phi) is 3.27. The summed E-state index contributed by atoms with van der Waals surface area (Å²) in [5.74, 6) is 1.04. The molecule has 4 aromatic rings. The van der Waals surface area contributed by atoms with Gasteiger partial charge in [-0.3, -0.25) is 4.79 Å². The highest BCUT2D eigenvalue weighted by Gasteiger charge is 2.54. The molecule has 26 heavy (non-hydrogen) atoms. The predicted octanol–water partition coefficient (Wildman–Crippen LogP) is 4.52. The number of hydrogen-bond acceptors (Lipinski definition) is 6. The lowest BCUT2D eigenvalue weighted by Crippen LogP contribution is -2.28. The summed E-state index contributed by atoms with van der Waals surface area (Å²) in [5.41, 5.74) is 2.06. The van der Waals surface area contributed by atoms with Gasteiger partial charge in [0.1, 0.15) is 0 Å². The van der Waals surface area contributed by atoms with E-state index in [1.807, 2.05) is 19.1 Å². The third kappa shape index (κ3) is 2.43. The van der Waals surface area contributed by atoms with E-state index in [1.54, 1.807) is 24.5 Å². The zero-order chi connectivity index (χ0) is 17.7. The van der Waals surface area contributed by atoms with Crippen molar-refractivity contribution in [2.75, 3.05) is 5.32 Å². The van der Waals surface area contributed by atoms with E-state index in [-0.39, 0.29) is 5.91 Å². The Bertz CT molecular complexity index is 1110. The van der Waals surface area contributed by atoms with Crippen molar-refractivity contribution in [3.63, 3.8) is 0 Å². The summed E-state index contributed by atoms with van der Waals surface area (Å²) in [6, 6.07) is 11.4. The zero-order valence-electron chi connectivity index (χ0n) is 14.0. The SMILES string of the molecule is Cc1ccc2nc(NC(=O)C3(c4cc(-c5ccco5)on4)CC3)sc2c1. The maximum absolute atomic E-state index is 12.9. The molecule has 1 aliphatic rings. The largest absolute Gasteiger partial charge is 0.461 e. The Balaban J connectivity index is 1.40. The number of carbonyl (C=O) groups excluding carboxylic acids is 1. The molecular formula is C19H15N3O3S. The van der Waals surface area contributed by atoms with E-state index in [2.05, 4.69) is 21.5 Å². The van der Waals surface area contributed by atoms with Gasteiger partial charge in [0.25, 0.3) is 0 Å². The Morgan fingerprint density at radius 2 is 2.12 bits per heavy atom. The summed E-state index contributed by atoms with van der Waals surface area (Å²) in [7, 11) is 0.